The van der Waals surface area contributed by atoms with E-state index < -0.39 is 0 Å². The molecule has 0 heterocycles. The molecule has 0 saturated heterocycles. The Hall–Kier alpha value is -0.990. The van der Waals surface area contributed by atoms with Crippen LogP contribution in [-0.2, 0) is 0 Å². The molecule has 0 saturated carbocycles. The Morgan fingerprint density at radius 3 is 2.53 bits per heavy atom. The van der Waals surface area contributed by atoms with E-state index in [-0.39, 0.29) is 0 Å². The fourth-order valence-corrected chi connectivity index (χ4v) is 1.96. The molecule has 1 nitrogen and oxygen atoms in total. The molecule has 0 unspecified atom stereocenters. The second-order valence-electron chi connectivity index (χ2n) is 3.95. The first-order valence-electron chi connectivity index (χ1n) is 5.26. The van der Waals surface area contributed by atoms with Gasteiger partial charge in [-0.3, -0.25) is 0 Å². The molecular weight excluding hydrogens is 300 g/mol. The fourth-order valence-electron chi connectivity index (χ4n) is 1.48. The van der Waals surface area contributed by atoms with Gasteiger partial charge in [-0.25, -0.2) is 0 Å². The molecule has 2 rings (SSSR count). The van der Waals surface area contributed by atoms with Gasteiger partial charge in [0.1, 0.15) is 11.5 Å². The summed E-state index contributed by atoms with van der Waals surface area (Å²) in [4.78, 5) is 0. The van der Waals surface area contributed by atoms with E-state index in [1.54, 1.807) is 0 Å². The molecule has 3 heteroatoms. The molecule has 0 aliphatic heterocycles. The highest BCUT2D eigenvalue weighted by atomic mass is 79.9. The van der Waals surface area contributed by atoms with Gasteiger partial charge in [-0.2, -0.15) is 0 Å². The number of aryl methyl sites for hydroxylation is 2. The number of hydrogen-bond acceptors (Lipinski definition) is 1. The summed E-state index contributed by atoms with van der Waals surface area (Å²) < 4.78 is 6.67. The van der Waals surface area contributed by atoms with Gasteiger partial charge >= 0.3 is 0 Å². The van der Waals surface area contributed by atoms with E-state index in [1.807, 2.05) is 38.1 Å². The number of benzene rings is 2. The van der Waals surface area contributed by atoms with Crippen LogP contribution in [0.1, 0.15) is 11.1 Å². The summed E-state index contributed by atoms with van der Waals surface area (Å²) in [6.45, 7) is 4.07. The van der Waals surface area contributed by atoms with Crippen LogP contribution < -0.4 is 4.74 Å². The first kappa shape index (κ1) is 12.5. The van der Waals surface area contributed by atoms with Gasteiger partial charge in [0.15, 0.2) is 0 Å². The van der Waals surface area contributed by atoms with Gasteiger partial charge in [0, 0.05) is 4.47 Å². The van der Waals surface area contributed by atoms with Crippen molar-refractivity contribution in [2.45, 2.75) is 13.8 Å². The Bertz CT molecular complexity index is 552. The van der Waals surface area contributed by atoms with E-state index >= 15 is 0 Å². The maximum atomic E-state index is 5.94. The standard InChI is InChI=1S/C14H12BrClO/c1-9-3-4-10(2)14(7-9)17-11-5-6-13(16)12(15)8-11/h3-8H,1-2H3. The minimum Gasteiger partial charge on any atom is -0.457 e. The Morgan fingerprint density at radius 2 is 1.82 bits per heavy atom. The molecule has 2 aromatic carbocycles. The fraction of sp³-hybridized carbons (Fsp3) is 0.143. The molecular formula is C14H12BrClO. The minimum atomic E-state index is 0.679. The lowest BCUT2D eigenvalue weighted by Gasteiger charge is -2.10. The summed E-state index contributed by atoms with van der Waals surface area (Å²) in [6, 6.07) is 11.7. The molecule has 0 N–H and O–H groups in total. The maximum absolute atomic E-state index is 5.94. The Balaban J connectivity index is 2.31. The van der Waals surface area contributed by atoms with Crippen LogP contribution in [0.5, 0.6) is 11.5 Å². The predicted molar refractivity (Wildman–Crippen MR) is 75.1 cm³/mol. The minimum absolute atomic E-state index is 0.679. The van der Waals surface area contributed by atoms with Crippen molar-refractivity contribution in [1.82, 2.24) is 0 Å². The predicted octanol–water partition coefficient (Wildman–Crippen LogP) is 5.51. The van der Waals surface area contributed by atoms with E-state index in [2.05, 4.69) is 28.1 Å². The molecule has 0 amide bonds. The SMILES string of the molecule is Cc1ccc(C)c(Oc2ccc(Cl)c(Br)c2)c1. The van der Waals surface area contributed by atoms with E-state index in [0.29, 0.717) is 5.02 Å². The van der Waals surface area contributed by atoms with Gasteiger partial charge in [0.05, 0.1) is 5.02 Å². The van der Waals surface area contributed by atoms with Crippen LogP contribution in [0, 0.1) is 13.8 Å². The molecule has 0 bridgehead atoms. The lowest BCUT2D eigenvalue weighted by atomic mass is 10.1. The summed E-state index contributed by atoms with van der Waals surface area (Å²) in [5.74, 6) is 1.65. The summed E-state index contributed by atoms with van der Waals surface area (Å²) in [6.07, 6.45) is 0. The average molecular weight is 312 g/mol. The third kappa shape index (κ3) is 3.02. The zero-order chi connectivity index (χ0) is 12.4. The second kappa shape index (κ2) is 5.11. The van der Waals surface area contributed by atoms with E-state index in [4.69, 9.17) is 16.3 Å². The Morgan fingerprint density at radius 1 is 1.06 bits per heavy atom. The van der Waals surface area contributed by atoms with Crippen LogP contribution in [0.3, 0.4) is 0 Å². The summed E-state index contributed by atoms with van der Waals surface area (Å²) >= 11 is 9.32. The smallest absolute Gasteiger partial charge is 0.130 e. The second-order valence-corrected chi connectivity index (χ2v) is 5.21. The Labute approximate surface area is 115 Å². The summed E-state index contributed by atoms with van der Waals surface area (Å²) in [7, 11) is 0. The molecule has 0 fully saturated rings. The van der Waals surface area contributed by atoms with Gasteiger partial charge in [-0.15, -0.1) is 0 Å². The highest BCUT2D eigenvalue weighted by molar-refractivity contribution is 9.10. The van der Waals surface area contributed by atoms with Gasteiger partial charge in [0.2, 0.25) is 0 Å². The molecule has 0 radical (unpaired) electrons. The van der Waals surface area contributed by atoms with Gasteiger partial charge < -0.3 is 4.74 Å². The van der Waals surface area contributed by atoms with Gasteiger partial charge in [-0.05, 0) is 65.2 Å². The van der Waals surface area contributed by atoms with Crippen molar-refractivity contribution >= 4 is 27.5 Å². The zero-order valence-electron chi connectivity index (χ0n) is 9.63. The monoisotopic (exact) mass is 310 g/mol. The van der Waals surface area contributed by atoms with Crippen molar-refractivity contribution in [2.75, 3.05) is 0 Å². The van der Waals surface area contributed by atoms with Crippen LogP contribution in [-0.4, -0.2) is 0 Å². The van der Waals surface area contributed by atoms with Crippen molar-refractivity contribution in [1.29, 1.82) is 0 Å². The van der Waals surface area contributed by atoms with Crippen LogP contribution >= 0.6 is 27.5 Å². The van der Waals surface area contributed by atoms with Crippen LogP contribution in [0.15, 0.2) is 40.9 Å². The van der Waals surface area contributed by atoms with Crippen LogP contribution in [0.4, 0.5) is 0 Å². The van der Waals surface area contributed by atoms with Gasteiger partial charge in [-0.1, -0.05) is 23.7 Å². The van der Waals surface area contributed by atoms with Crippen molar-refractivity contribution in [3.05, 3.63) is 57.0 Å². The molecule has 17 heavy (non-hydrogen) atoms. The summed E-state index contributed by atoms with van der Waals surface area (Å²) in [5.41, 5.74) is 2.29. The third-order valence-electron chi connectivity index (χ3n) is 2.46. The largest absolute Gasteiger partial charge is 0.457 e. The number of hydrogen-bond donors (Lipinski definition) is 0. The molecule has 88 valence electrons. The molecule has 0 atom stereocenters. The van der Waals surface area contributed by atoms with Gasteiger partial charge in [0.25, 0.3) is 0 Å². The number of rotatable bonds is 2. The maximum Gasteiger partial charge on any atom is 0.130 e. The van der Waals surface area contributed by atoms with Crippen molar-refractivity contribution in [3.8, 4) is 11.5 Å². The third-order valence-corrected chi connectivity index (χ3v) is 3.68. The first-order valence-corrected chi connectivity index (χ1v) is 6.43. The van der Waals surface area contributed by atoms with Crippen molar-refractivity contribution < 1.29 is 4.74 Å². The quantitative estimate of drug-likeness (QED) is 0.710. The molecule has 0 spiro atoms. The van der Waals surface area contributed by atoms with Crippen molar-refractivity contribution in [3.63, 3.8) is 0 Å². The van der Waals surface area contributed by atoms with Crippen molar-refractivity contribution in [2.24, 2.45) is 0 Å². The van der Waals surface area contributed by atoms with Crippen LogP contribution in [0.2, 0.25) is 5.02 Å². The average Bonchev–Trinajstić information content (AvgIpc) is 2.29. The van der Waals surface area contributed by atoms with E-state index in [0.717, 1.165) is 21.5 Å². The Kier molecular flexibility index (Phi) is 3.75. The topological polar surface area (TPSA) is 9.23 Å². The molecule has 2 aromatic rings. The molecule has 0 aliphatic carbocycles. The van der Waals surface area contributed by atoms with E-state index in [9.17, 15) is 0 Å². The highest BCUT2D eigenvalue weighted by Crippen LogP contribution is 2.31. The normalized spacial score (nSPS) is 10.4. The highest BCUT2D eigenvalue weighted by Gasteiger charge is 2.04. The molecule has 0 aromatic heterocycles. The number of halogens is 2. The molecule has 0 aliphatic rings. The summed E-state index contributed by atoms with van der Waals surface area (Å²) in [5, 5.41) is 0.679. The lowest BCUT2D eigenvalue weighted by molar-refractivity contribution is 0.478. The van der Waals surface area contributed by atoms with E-state index in [1.165, 1.54) is 5.56 Å². The lowest BCUT2D eigenvalue weighted by Crippen LogP contribution is -1.88. The zero-order valence-corrected chi connectivity index (χ0v) is 12.0. The number of ether oxygens (including phenoxy) is 1. The first-order chi connectivity index (χ1) is 8.06. The van der Waals surface area contributed by atoms with Crippen LogP contribution in [0.25, 0.3) is 0 Å².